The molecule has 124 valence electrons. The predicted molar refractivity (Wildman–Crippen MR) is 90.2 cm³/mol. The molecule has 0 spiro atoms. The summed E-state index contributed by atoms with van der Waals surface area (Å²) in [5.41, 5.74) is 1.55. The molecule has 1 aromatic carbocycles. The maximum Gasteiger partial charge on any atom is 0.231 e. The monoisotopic (exact) mass is 348 g/mol. The molecular formula is C15H14ClFN6O. The second-order valence-electron chi connectivity index (χ2n) is 4.80. The third-order valence-electron chi connectivity index (χ3n) is 3.11. The van der Waals surface area contributed by atoms with E-state index in [2.05, 4.69) is 30.6 Å². The van der Waals surface area contributed by atoms with Gasteiger partial charge in [-0.2, -0.15) is 9.97 Å². The van der Waals surface area contributed by atoms with Gasteiger partial charge >= 0.3 is 0 Å². The summed E-state index contributed by atoms with van der Waals surface area (Å²) in [5.74, 6) is 0.334. The van der Waals surface area contributed by atoms with Crippen molar-refractivity contribution >= 4 is 40.2 Å². The van der Waals surface area contributed by atoms with Crippen molar-refractivity contribution in [1.29, 1.82) is 0 Å². The van der Waals surface area contributed by atoms with Crippen LogP contribution < -0.4 is 10.6 Å². The zero-order chi connectivity index (χ0) is 16.9. The lowest BCUT2D eigenvalue weighted by atomic mass is 10.3. The Bertz CT molecular complexity index is 862. The molecule has 0 aliphatic carbocycles. The van der Waals surface area contributed by atoms with Crippen molar-refractivity contribution in [2.45, 2.75) is 0 Å². The summed E-state index contributed by atoms with van der Waals surface area (Å²) in [4.78, 5) is 17.1. The molecule has 0 saturated carbocycles. The summed E-state index contributed by atoms with van der Waals surface area (Å²) in [5, 5.41) is 6.13. The van der Waals surface area contributed by atoms with Crippen LogP contribution >= 0.6 is 11.6 Å². The van der Waals surface area contributed by atoms with Crippen molar-refractivity contribution in [1.82, 2.24) is 19.9 Å². The molecule has 2 heterocycles. The van der Waals surface area contributed by atoms with E-state index in [0.717, 1.165) is 0 Å². The van der Waals surface area contributed by atoms with Crippen molar-refractivity contribution in [2.24, 2.45) is 0 Å². The van der Waals surface area contributed by atoms with Crippen molar-refractivity contribution in [2.75, 3.05) is 30.9 Å². The fourth-order valence-corrected chi connectivity index (χ4v) is 2.20. The average molecular weight is 349 g/mol. The molecular weight excluding hydrogens is 335 g/mol. The number of benzene rings is 1. The second kappa shape index (κ2) is 7.33. The zero-order valence-electron chi connectivity index (χ0n) is 12.8. The SMILES string of the molecule is COCCNc1nc(Nc2ccc(F)c(Cl)c2)nc2nccnc12. The second-order valence-corrected chi connectivity index (χ2v) is 5.21. The van der Waals surface area contributed by atoms with E-state index < -0.39 is 5.82 Å². The molecule has 2 N–H and O–H groups in total. The number of fused-ring (bicyclic) bond motifs is 1. The molecule has 0 bridgehead atoms. The molecule has 0 radical (unpaired) electrons. The molecule has 0 aliphatic heterocycles. The third kappa shape index (κ3) is 3.66. The largest absolute Gasteiger partial charge is 0.383 e. The fourth-order valence-electron chi connectivity index (χ4n) is 2.02. The Balaban J connectivity index is 1.93. The minimum Gasteiger partial charge on any atom is -0.383 e. The smallest absolute Gasteiger partial charge is 0.231 e. The summed E-state index contributed by atoms with van der Waals surface area (Å²) < 4.78 is 18.3. The van der Waals surface area contributed by atoms with E-state index in [9.17, 15) is 4.39 Å². The van der Waals surface area contributed by atoms with Gasteiger partial charge in [0.15, 0.2) is 17.0 Å². The number of ether oxygens (including phenoxy) is 1. The van der Waals surface area contributed by atoms with Crippen molar-refractivity contribution in [3.05, 3.63) is 41.4 Å². The van der Waals surface area contributed by atoms with Gasteiger partial charge in [-0.05, 0) is 18.2 Å². The lowest BCUT2D eigenvalue weighted by Crippen LogP contribution is -2.11. The first kappa shape index (κ1) is 16.3. The van der Waals surface area contributed by atoms with Crippen LogP contribution in [0.5, 0.6) is 0 Å². The number of hydrogen-bond donors (Lipinski definition) is 2. The fraction of sp³-hybridized carbons (Fsp3) is 0.200. The number of rotatable bonds is 6. The van der Waals surface area contributed by atoms with Gasteiger partial charge in [0, 0.05) is 31.7 Å². The first-order valence-corrected chi connectivity index (χ1v) is 7.49. The van der Waals surface area contributed by atoms with Crippen LogP contribution in [0.2, 0.25) is 5.02 Å². The van der Waals surface area contributed by atoms with Gasteiger partial charge in [0.1, 0.15) is 5.82 Å². The van der Waals surface area contributed by atoms with Gasteiger partial charge < -0.3 is 15.4 Å². The Morgan fingerprint density at radius 1 is 1.21 bits per heavy atom. The van der Waals surface area contributed by atoms with Gasteiger partial charge in [0.05, 0.1) is 11.6 Å². The molecule has 0 saturated heterocycles. The standard InChI is InChI=1S/C15H14ClFN6O/c1-24-7-6-20-14-12-13(19-5-4-18-12)22-15(23-14)21-9-2-3-11(17)10(16)8-9/h2-5,8H,6-7H2,1H3,(H2,19,20,21,22,23). The maximum atomic E-state index is 13.3. The summed E-state index contributed by atoms with van der Waals surface area (Å²) in [6.07, 6.45) is 3.12. The normalized spacial score (nSPS) is 10.8. The number of halogens is 2. The number of hydrogen-bond acceptors (Lipinski definition) is 7. The van der Waals surface area contributed by atoms with Gasteiger partial charge in [-0.1, -0.05) is 11.6 Å². The molecule has 24 heavy (non-hydrogen) atoms. The van der Waals surface area contributed by atoms with E-state index in [-0.39, 0.29) is 5.02 Å². The topological polar surface area (TPSA) is 84.9 Å². The van der Waals surface area contributed by atoms with E-state index in [0.29, 0.717) is 41.8 Å². The zero-order valence-corrected chi connectivity index (χ0v) is 13.5. The van der Waals surface area contributed by atoms with Crippen LogP contribution in [0, 0.1) is 5.82 Å². The van der Waals surface area contributed by atoms with Gasteiger partial charge in [0.25, 0.3) is 0 Å². The Morgan fingerprint density at radius 2 is 2.04 bits per heavy atom. The van der Waals surface area contributed by atoms with Crippen LogP contribution in [0.1, 0.15) is 0 Å². The van der Waals surface area contributed by atoms with Crippen molar-refractivity contribution in [3.63, 3.8) is 0 Å². The lowest BCUT2D eigenvalue weighted by Gasteiger charge is -2.10. The molecule has 0 amide bonds. The number of aromatic nitrogens is 4. The first-order valence-electron chi connectivity index (χ1n) is 7.11. The number of nitrogens with zero attached hydrogens (tertiary/aromatic N) is 4. The summed E-state index contributed by atoms with van der Waals surface area (Å²) in [6.45, 7) is 1.07. The van der Waals surface area contributed by atoms with Crippen LogP contribution in [0.15, 0.2) is 30.6 Å². The first-order chi connectivity index (χ1) is 11.7. The Labute approximate surface area is 142 Å². The molecule has 0 fully saturated rings. The van der Waals surface area contributed by atoms with Crippen LogP contribution in [-0.4, -0.2) is 40.2 Å². The Hall–Kier alpha value is -2.58. The summed E-state index contributed by atoms with van der Waals surface area (Å²) in [7, 11) is 1.62. The minimum absolute atomic E-state index is 0.0130. The molecule has 9 heteroatoms. The maximum absolute atomic E-state index is 13.3. The van der Waals surface area contributed by atoms with Crippen LogP contribution in [0.3, 0.4) is 0 Å². The highest BCUT2D eigenvalue weighted by Crippen LogP contribution is 2.23. The number of anilines is 3. The summed E-state index contributed by atoms with van der Waals surface area (Å²) >= 11 is 5.79. The van der Waals surface area contributed by atoms with E-state index >= 15 is 0 Å². The quantitative estimate of drug-likeness (QED) is 0.662. The Kier molecular flexibility index (Phi) is 4.97. The van der Waals surface area contributed by atoms with Crippen molar-refractivity contribution < 1.29 is 9.13 Å². The number of methoxy groups -OCH3 is 1. The molecule has 0 unspecified atom stereocenters. The van der Waals surface area contributed by atoms with Crippen LogP contribution in [0.4, 0.5) is 21.8 Å². The predicted octanol–water partition coefficient (Wildman–Crippen LogP) is 3.01. The van der Waals surface area contributed by atoms with Gasteiger partial charge in [-0.3, -0.25) is 0 Å². The van der Waals surface area contributed by atoms with Gasteiger partial charge in [-0.15, -0.1) is 0 Å². The highest BCUT2D eigenvalue weighted by molar-refractivity contribution is 6.31. The average Bonchev–Trinajstić information content (AvgIpc) is 2.58. The molecule has 2 aromatic heterocycles. The minimum atomic E-state index is -0.491. The number of nitrogens with one attached hydrogen (secondary N) is 2. The van der Waals surface area contributed by atoms with E-state index in [1.807, 2.05) is 0 Å². The Morgan fingerprint density at radius 3 is 2.83 bits per heavy atom. The molecule has 0 atom stereocenters. The third-order valence-corrected chi connectivity index (χ3v) is 3.40. The molecule has 7 nitrogen and oxygen atoms in total. The molecule has 3 rings (SSSR count). The van der Waals surface area contributed by atoms with Gasteiger partial charge in [0.2, 0.25) is 5.95 Å². The molecule has 3 aromatic rings. The van der Waals surface area contributed by atoms with Gasteiger partial charge in [-0.25, -0.2) is 14.4 Å². The molecule has 0 aliphatic rings. The summed E-state index contributed by atoms with van der Waals surface area (Å²) in [6, 6.07) is 4.27. The van der Waals surface area contributed by atoms with Crippen molar-refractivity contribution in [3.8, 4) is 0 Å². The lowest BCUT2D eigenvalue weighted by molar-refractivity contribution is 0.210. The van der Waals surface area contributed by atoms with E-state index in [4.69, 9.17) is 16.3 Å². The van der Waals surface area contributed by atoms with E-state index in [1.165, 1.54) is 12.1 Å². The van der Waals surface area contributed by atoms with E-state index in [1.54, 1.807) is 25.6 Å². The highest BCUT2D eigenvalue weighted by atomic mass is 35.5. The van der Waals surface area contributed by atoms with Crippen LogP contribution in [-0.2, 0) is 4.74 Å². The highest BCUT2D eigenvalue weighted by Gasteiger charge is 2.10. The van der Waals surface area contributed by atoms with Crippen LogP contribution in [0.25, 0.3) is 11.2 Å².